The van der Waals surface area contributed by atoms with Crippen molar-refractivity contribution >= 4 is 0 Å². The van der Waals surface area contributed by atoms with Gasteiger partial charge in [-0.25, -0.2) is 4.98 Å². The minimum Gasteiger partial charge on any atom is -0.446 e. The Morgan fingerprint density at radius 3 is 3.21 bits per heavy atom. The SMILES string of the molecule is CCN1CCCC(Cc2ncc(CCCNC)o2)C1. The van der Waals surface area contributed by atoms with Crippen LogP contribution in [0.15, 0.2) is 10.6 Å². The van der Waals surface area contributed by atoms with Gasteiger partial charge < -0.3 is 14.6 Å². The molecule has 0 radical (unpaired) electrons. The zero-order chi connectivity index (χ0) is 13.5. The molecule has 0 aromatic carbocycles. The first-order valence-electron chi connectivity index (χ1n) is 7.62. The largest absolute Gasteiger partial charge is 0.446 e. The summed E-state index contributed by atoms with van der Waals surface area (Å²) >= 11 is 0. The first-order valence-corrected chi connectivity index (χ1v) is 7.62. The molecule has 1 atom stereocenters. The number of hydrogen-bond donors (Lipinski definition) is 1. The zero-order valence-corrected chi connectivity index (χ0v) is 12.3. The molecule has 0 aliphatic carbocycles. The maximum atomic E-state index is 5.84. The number of piperidine rings is 1. The number of rotatable bonds is 7. The molecule has 1 aliphatic rings. The topological polar surface area (TPSA) is 41.3 Å². The van der Waals surface area contributed by atoms with E-state index >= 15 is 0 Å². The third kappa shape index (κ3) is 4.62. The number of aromatic nitrogens is 1. The highest BCUT2D eigenvalue weighted by Crippen LogP contribution is 2.20. The molecule has 108 valence electrons. The van der Waals surface area contributed by atoms with E-state index in [1.165, 1.54) is 25.9 Å². The summed E-state index contributed by atoms with van der Waals surface area (Å²) in [6.45, 7) is 6.90. The highest BCUT2D eigenvalue weighted by molar-refractivity contribution is 4.96. The van der Waals surface area contributed by atoms with Crippen LogP contribution in [0.3, 0.4) is 0 Å². The molecule has 1 N–H and O–H groups in total. The van der Waals surface area contributed by atoms with Crippen molar-refractivity contribution < 1.29 is 4.42 Å². The molecule has 0 amide bonds. The van der Waals surface area contributed by atoms with Gasteiger partial charge in [-0.05, 0) is 51.9 Å². The van der Waals surface area contributed by atoms with Gasteiger partial charge in [0.25, 0.3) is 0 Å². The van der Waals surface area contributed by atoms with Crippen molar-refractivity contribution in [2.24, 2.45) is 5.92 Å². The molecule has 4 heteroatoms. The molecule has 1 aromatic rings. The van der Waals surface area contributed by atoms with Crippen LogP contribution in [0.2, 0.25) is 0 Å². The molecule has 4 nitrogen and oxygen atoms in total. The van der Waals surface area contributed by atoms with Gasteiger partial charge in [0, 0.05) is 19.4 Å². The second-order valence-electron chi connectivity index (χ2n) is 5.53. The lowest BCUT2D eigenvalue weighted by Gasteiger charge is -2.31. The van der Waals surface area contributed by atoms with Gasteiger partial charge >= 0.3 is 0 Å². The molecular formula is C15H27N3O. The molecule has 2 heterocycles. The maximum Gasteiger partial charge on any atom is 0.194 e. The van der Waals surface area contributed by atoms with Crippen LogP contribution in [-0.4, -0.2) is 43.1 Å². The van der Waals surface area contributed by atoms with E-state index in [0.717, 1.165) is 49.9 Å². The Kier molecular flexibility index (Phi) is 5.86. The van der Waals surface area contributed by atoms with Gasteiger partial charge in [-0.2, -0.15) is 0 Å². The summed E-state index contributed by atoms with van der Waals surface area (Å²) in [6, 6.07) is 0. The molecular weight excluding hydrogens is 238 g/mol. The summed E-state index contributed by atoms with van der Waals surface area (Å²) in [5.41, 5.74) is 0. The fourth-order valence-electron chi connectivity index (χ4n) is 2.85. The van der Waals surface area contributed by atoms with Gasteiger partial charge in [0.2, 0.25) is 0 Å². The monoisotopic (exact) mass is 265 g/mol. The Bertz CT molecular complexity index is 364. The van der Waals surface area contributed by atoms with Crippen LogP contribution in [-0.2, 0) is 12.8 Å². The van der Waals surface area contributed by atoms with Crippen LogP contribution in [0.1, 0.15) is 37.8 Å². The number of nitrogens with one attached hydrogen (secondary N) is 1. The fourth-order valence-corrected chi connectivity index (χ4v) is 2.85. The number of aryl methyl sites for hydroxylation is 1. The Balaban J connectivity index is 1.78. The molecule has 1 fully saturated rings. The van der Waals surface area contributed by atoms with E-state index in [1.54, 1.807) is 0 Å². The summed E-state index contributed by atoms with van der Waals surface area (Å²) in [5.74, 6) is 2.69. The summed E-state index contributed by atoms with van der Waals surface area (Å²) < 4.78 is 5.84. The minimum absolute atomic E-state index is 0.720. The van der Waals surface area contributed by atoms with Crippen molar-refractivity contribution in [2.75, 3.05) is 33.2 Å². The third-order valence-corrected chi connectivity index (χ3v) is 3.97. The molecule has 0 saturated carbocycles. The van der Waals surface area contributed by atoms with E-state index in [4.69, 9.17) is 4.42 Å². The van der Waals surface area contributed by atoms with Crippen molar-refractivity contribution in [3.8, 4) is 0 Å². The summed E-state index contributed by atoms with van der Waals surface area (Å²) in [5, 5.41) is 3.15. The van der Waals surface area contributed by atoms with Crippen molar-refractivity contribution in [3.05, 3.63) is 17.8 Å². The van der Waals surface area contributed by atoms with E-state index in [2.05, 4.69) is 22.1 Å². The van der Waals surface area contributed by atoms with Crippen molar-refractivity contribution in [3.63, 3.8) is 0 Å². The predicted octanol–water partition coefficient (Wildman–Crippen LogP) is 2.10. The van der Waals surface area contributed by atoms with E-state index in [0.29, 0.717) is 0 Å². The molecule has 1 aromatic heterocycles. The summed E-state index contributed by atoms with van der Waals surface area (Å²) in [7, 11) is 1.98. The van der Waals surface area contributed by atoms with Crippen LogP contribution in [0.25, 0.3) is 0 Å². The Labute approximate surface area is 116 Å². The van der Waals surface area contributed by atoms with E-state index < -0.39 is 0 Å². The standard InChI is InChI=1S/C15H27N3O/c1-3-18-9-5-6-13(12-18)10-15-17-11-14(19-15)7-4-8-16-2/h11,13,16H,3-10,12H2,1-2H3. The quantitative estimate of drug-likeness (QED) is 0.767. The van der Waals surface area contributed by atoms with Gasteiger partial charge in [-0.1, -0.05) is 6.92 Å². The highest BCUT2D eigenvalue weighted by Gasteiger charge is 2.20. The number of nitrogens with zero attached hydrogens (tertiary/aromatic N) is 2. The van der Waals surface area contributed by atoms with Crippen molar-refractivity contribution in [1.82, 2.24) is 15.2 Å². The number of likely N-dealkylation sites (tertiary alicyclic amines) is 1. The van der Waals surface area contributed by atoms with Gasteiger partial charge in [-0.3, -0.25) is 0 Å². The average Bonchev–Trinajstić information content (AvgIpc) is 2.87. The molecule has 1 aliphatic heterocycles. The Hall–Kier alpha value is -0.870. The Morgan fingerprint density at radius 2 is 2.42 bits per heavy atom. The third-order valence-electron chi connectivity index (χ3n) is 3.97. The minimum atomic E-state index is 0.720. The van der Waals surface area contributed by atoms with Crippen LogP contribution in [0.4, 0.5) is 0 Å². The normalized spacial score (nSPS) is 20.8. The molecule has 0 bridgehead atoms. The van der Waals surface area contributed by atoms with Crippen molar-refractivity contribution in [2.45, 2.75) is 39.0 Å². The first-order chi connectivity index (χ1) is 9.31. The fraction of sp³-hybridized carbons (Fsp3) is 0.800. The lowest BCUT2D eigenvalue weighted by Crippen LogP contribution is -2.35. The predicted molar refractivity (Wildman–Crippen MR) is 77.3 cm³/mol. The van der Waals surface area contributed by atoms with E-state index in [-0.39, 0.29) is 0 Å². The smallest absolute Gasteiger partial charge is 0.194 e. The molecule has 2 rings (SSSR count). The molecule has 19 heavy (non-hydrogen) atoms. The summed E-state index contributed by atoms with van der Waals surface area (Å²) in [4.78, 5) is 6.97. The lowest BCUT2D eigenvalue weighted by molar-refractivity contribution is 0.176. The second kappa shape index (κ2) is 7.65. The van der Waals surface area contributed by atoms with Gasteiger partial charge in [-0.15, -0.1) is 0 Å². The van der Waals surface area contributed by atoms with Crippen LogP contribution >= 0.6 is 0 Å². The average molecular weight is 265 g/mol. The highest BCUT2D eigenvalue weighted by atomic mass is 16.4. The maximum absolute atomic E-state index is 5.84. The number of hydrogen-bond acceptors (Lipinski definition) is 4. The van der Waals surface area contributed by atoms with Crippen LogP contribution < -0.4 is 5.32 Å². The van der Waals surface area contributed by atoms with Gasteiger partial charge in [0.05, 0.1) is 6.20 Å². The molecule has 1 saturated heterocycles. The first kappa shape index (κ1) is 14.5. The van der Waals surface area contributed by atoms with Gasteiger partial charge in [0.1, 0.15) is 5.76 Å². The molecule has 0 spiro atoms. The van der Waals surface area contributed by atoms with Crippen LogP contribution in [0, 0.1) is 5.92 Å². The van der Waals surface area contributed by atoms with E-state index in [1.807, 2.05) is 13.2 Å². The van der Waals surface area contributed by atoms with Crippen LogP contribution in [0.5, 0.6) is 0 Å². The van der Waals surface area contributed by atoms with E-state index in [9.17, 15) is 0 Å². The van der Waals surface area contributed by atoms with Gasteiger partial charge in [0.15, 0.2) is 5.89 Å². The molecule has 1 unspecified atom stereocenters. The Morgan fingerprint density at radius 1 is 1.53 bits per heavy atom. The summed E-state index contributed by atoms with van der Waals surface area (Å²) in [6.07, 6.45) is 7.63. The lowest BCUT2D eigenvalue weighted by atomic mass is 9.95. The zero-order valence-electron chi connectivity index (χ0n) is 12.3. The van der Waals surface area contributed by atoms with Crippen molar-refractivity contribution in [1.29, 1.82) is 0 Å². The number of oxazole rings is 1. The second-order valence-corrected chi connectivity index (χ2v) is 5.53.